The first kappa shape index (κ1) is 12.6. The summed E-state index contributed by atoms with van der Waals surface area (Å²) in [6, 6.07) is 19.4. The highest BCUT2D eigenvalue weighted by Gasteiger charge is 1.96. The third kappa shape index (κ3) is 3.59. The summed E-state index contributed by atoms with van der Waals surface area (Å²) in [7, 11) is 0. The van der Waals surface area contributed by atoms with E-state index in [2.05, 4.69) is 74.5 Å². The second kappa shape index (κ2) is 6.20. The number of benzene rings is 2. The summed E-state index contributed by atoms with van der Waals surface area (Å²) in [6.45, 7) is 4.30. The summed E-state index contributed by atoms with van der Waals surface area (Å²) in [5, 5.41) is 0. The fourth-order valence-electron chi connectivity index (χ4n) is 2.02. The topological polar surface area (TPSA) is 0 Å². The zero-order chi connectivity index (χ0) is 12.8. The van der Waals surface area contributed by atoms with Crippen molar-refractivity contribution in [3.05, 3.63) is 71.8 Å². The summed E-state index contributed by atoms with van der Waals surface area (Å²) in [5.41, 5.74) is 5.39. The number of rotatable bonds is 4. The fraction of sp³-hybridized carbons (Fsp3) is 0.222. The number of hydrogen-bond acceptors (Lipinski definition) is 0. The van der Waals surface area contributed by atoms with Gasteiger partial charge in [-0.2, -0.15) is 0 Å². The van der Waals surface area contributed by atoms with Gasteiger partial charge in [-0.1, -0.05) is 66.2 Å². The lowest BCUT2D eigenvalue weighted by molar-refractivity contribution is 0.989. The van der Waals surface area contributed by atoms with Crippen molar-refractivity contribution in [3.8, 4) is 11.1 Å². The van der Waals surface area contributed by atoms with Gasteiger partial charge in [0.1, 0.15) is 0 Å². The Bertz CT molecular complexity index is 499. The van der Waals surface area contributed by atoms with Crippen molar-refractivity contribution in [1.29, 1.82) is 0 Å². The van der Waals surface area contributed by atoms with Crippen LogP contribution in [0.15, 0.2) is 66.2 Å². The Morgan fingerprint density at radius 2 is 1.44 bits per heavy atom. The monoisotopic (exact) mass is 236 g/mol. The van der Waals surface area contributed by atoms with Crippen molar-refractivity contribution in [2.45, 2.75) is 26.7 Å². The van der Waals surface area contributed by atoms with Crippen molar-refractivity contribution in [2.75, 3.05) is 0 Å². The van der Waals surface area contributed by atoms with Gasteiger partial charge in [0, 0.05) is 0 Å². The Kier molecular flexibility index (Phi) is 4.35. The van der Waals surface area contributed by atoms with E-state index in [1.165, 1.54) is 22.3 Å². The number of allylic oxidation sites excluding steroid dienone is 2. The van der Waals surface area contributed by atoms with Gasteiger partial charge in [-0.05, 0) is 43.4 Å². The summed E-state index contributed by atoms with van der Waals surface area (Å²) >= 11 is 0. The third-order valence-electron chi connectivity index (χ3n) is 3.05. The smallest absolute Gasteiger partial charge is 0.0184 e. The molecule has 2 rings (SSSR count). The maximum Gasteiger partial charge on any atom is -0.0184 e. The largest absolute Gasteiger partial charge is 0.0856 e. The highest BCUT2D eigenvalue weighted by atomic mass is 14.0. The van der Waals surface area contributed by atoms with Gasteiger partial charge in [-0.25, -0.2) is 0 Å². The van der Waals surface area contributed by atoms with Crippen molar-refractivity contribution in [3.63, 3.8) is 0 Å². The van der Waals surface area contributed by atoms with E-state index in [1.807, 2.05) is 0 Å². The average Bonchev–Trinajstić information content (AvgIpc) is 2.40. The van der Waals surface area contributed by atoms with Crippen molar-refractivity contribution < 1.29 is 0 Å². The van der Waals surface area contributed by atoms with Crippen LogP contribution >= 0.6 is 0 Å². The molecule has 0 aliphatic heterocycles. The third-order valence-corrected chi connectivity index (χ3v) is 3.05. The molecule has 0 atom stereocenters. The molecule has 0 amide bonds. The molecule has 0 heteroatoms. The van der Waals surface area contributed by atoms with Crippen LogP contribution < -0.4 is 0 Å². The normalized spacial score (nSPS) is 10.1. The molecule has 0 bridgehead atoms. The van der Waals surface area contributed by atoms with E-state index < -0.39 is 0 Å². The lowest BCUT2D eigenvalue weighted by Gasteiger charge is -2.03. The molecule has 0 N–H and O–H groups in total. The van der Waals surface area contributed by atoms with E-state index in [0.29, 0.717) is 0 Å². The molecule has 0 radical (unpaired) electrons. The van der Waals surface area contributed by atoms with Crippen LogP contribution in [0.2, 0.25) is 0 Å². The minimum absolute atomic E-state index is 1.13. The fourth-order valence-corrected chi connectivity index (χ4v) is 2.02. The molecule has 0 saturated carbocycles. The number of aryl methyl sites for hydroxylation is 1. The second-order valence-electron chi connectivity index (χ2n) is 4.88. The van der Waals surface area contributed by atoms with Gasteiger partial charge in [-0.3, -0.25) is 0 Å². The Morgan fingerprint density at radius 1 is 0.833 bits per heavy atom. The molecule has 2 aromatic rings. The molecule has 0 heterocycles. The van der Waals surface area contributed by atoms with E-state index >= 15 is 0 Å². The maximum absolute atomic E-state index is 2.30. The van der Waals surface area contributed by atoms with Crippen molar-refractivity contribution >= 4 is 0 Å². The van der Waals surface area contributed by atoms with E-state index in [-0.39, 0.29) is 0 Å². The Hall–Kier alpha value is -1.82. The lowest BCUT2D eigenvalue weighted by atomic mass is 10.0. The van der Waals surface area contributed by atoms with E-state index in [0.717, 1.165) is 12.8 Å². The molecule has 2 aromatic carbocycles. The number of hydrogen-bond donors (Lipinski definition) is 0. The SMILES string of the molecule is CC(C)=CCCc1ccc(-c2ccccc2)cc1. The maximum atomic E-state index is 2.30. The standard InChI is InChI=1S/C18H20/c1-15(2)7-6-8-16-11-13-18(14-12-16)17-9-4-3-5-10-17/h3-5,7,9-14H,6,8H2,1-2H3. The Balaban J connectivity index is 2.04. The minimum atomic E-state index is 1.13. The van der Waals surface area contributed by atoms with Crippen LogP contribution in [0.5, 0.6) is 0 Å². The average molecular weight is 236 g/mol. The molecule has 0 saturated heterocycles. The predicted molar refractivity (Wildman–Crippen MR) is 79.6 cm³/mol. The summed E-state index contributed by atoms with van der Waals surface area (Å²) in [4.78, 5) is 0. The summed E-state index contributed by atoms with van der Waals surface area (Å²) < 4.78 is 0. The highest BCUT2D eigenvalue weighted by Crippen LogP contribution is 2.19. The van der Waals surface area contributed by atoms with E-state index in [4.69, 9.17) is 0 Å². The van der Waals surface area contributed by atoms with Gasteiger partial charge in [-0.15, -0.1) is 0 Å². The van der Waals surface area contributed by atoms with Crippen LogP contribution in [0.4, 0.5) is 0 Å². The molecule has 0 fully saturated rings. The van der Waals surface area contributed by atoms with Gasteiger partial charge in [0.2, 0.25) is 0 Å². The molecule has 0 aliphatic rings. The van der Waals surface area contributed by atoms with Gasteiger partial charge in [0.05, 0.1) is 0 Å². The molecule has 0 spiro atoms. The Morgan fingerprint density at radius 3 is 2.06 bits per heavy atom. The van der Waals surface area contributed by atoms with Crippen molar-refractivity contribution in [2.24, 2.45) is 0 Å². The van der Waals surface area contributed by atoms with Crippen LogP contribution in [0, 0.1) is 0 Å². The zero-order valence-corrected chi connectivity index (χ0v) is 11.2. The first-order valence-electron chi connectivity index (χ1n) is 6.53. The lowest BCUT2D eigenvalue weighted by Crippen LogP contribution is -1.84. The quantitative estimate of drug-likeness (QED) is 0.636. The van der Waals surface area contributed by atoms with Gasteiger partial charge in [0.25, 0.3) is 0 Å². The molecule has 0 aromatic heterocycles. The molecule has 0 nitrogen and oxygen atoms in total. The summed E-state index contributed by atoms with van der Waals surface area (Å²) in [5.74, 6) is 0. The first-order valence-corrected chi connectivity index (χ1v) is 6.53. The van der Waals surface area contributed by atoms with Crippen LogP contribution in [0.25, 0.3) is 11.1 Å². The van der Waals surface area contributed by atoms with Gasteiger partial charge in [0.15, 0.2) is 0 Å². The molecule has 92 valence electrons. The highest BCUT2D eigenvalue weighted by molar-refractivity contribution is 5.63. The Labute approximate surface area is 110 Å². The molecule has 18 heavy (non-hydrogen) atoms. The first-order chi connectivity index (χ1) is 8.75. The van der Waals surface area contributed by atoms with Gasteiger partial charge < -0.3 is 0 Å². The van der Waals surface area contributed by atoms with Gasteiger partial charge >= 0.3 is 0 Å². The molecular weight excluding hydrogens is 216 g/mol. The molecule has 0 aliphatic carbocycles. The van der Waals surface area contributed by atoms with E-state index in [9.17, 15) is 0 Å². The van der Waals surface area contributed by atoms with E-state index in [1.54, 1.807) is 0 Å². The predicted octanol–water partition coefficient (Wildman–Crippen LogP) is 5.25. The van der Waals surface area contributed by atoms with Crippen LogP contribution in [0.3, 0.4) is 0 Å². The minimum Gasteiger partial charge on any atom is -0.0856 e. The second-order valence-corrected chi connectivity index (χ2v) is 4.88. The van der Waals surface area contributed by atoms with Crippen LogP contribution in [-0.4, -0.2) is 0 Å². The van der Waals surface area contributed by atoms with Crippen LogP contribution in [-0.2, 0) is 6.42 Å². The molecule has 0 unspecified atom stereocenters. The summed E-state index contributed by atoms with van der Waals surface area (Å²) in [6.07, 6.45) is 4.55. The van der Waals surface area contributed by atoms with Crippen molar-refractivity contribution in [1.82, 2.24) is 0 Å². The van der Waals surface area contributed by atoms with Crippen LogP contribution in [0.1, 0.15) is 25.8 Å². The molecular formula is C18H20. The zero-order valence-electron chi connectivity index (χ0n) is 11.2.